The van der Waals surface area contributed by atoms with Gasteiger partial charge in [0.15, 0.2) is 5.69 Å². The minimum atomic E-state index is -0.172. The van der Waals surface area contributed by atoms with Crippen molar-refractivity contribution >= 4 is 5.91 Å². The quantitative estimate of drug-likeness (QED) is 0.862. The molecule has 0 aromatic carbocycles. The minimum Gasteiger partial charge on any atom is -0.496 e. The largest absolute Gasteiger partial charge is 0.496 e. The lowest BCUT2D eigenvalue weighted by Gasteiger charge is -2.25. The molecule has 1 amide bonds. The molecule has 0 aliphatic heterocycles. The first-order chi connectivity index (χ1) is 12.9. The third-order valence-electron chi connectivity index (χ3n) is 5.33. The Labute approximate surface area is 159 Å². The van der Waals surface area contributed by atoms with E-state index in [2.05, 4.69) is 15.3 Å². The molecule has 27 heavy (non-hydrogen) atoms. The highest BCUT2D eigenvalue weighted by molar-refractivity contribution is 5.91. The fourth-order valence-corrected chi connectivity index (χ4v) is 3.64. The first kappa shape index (κ1) is 19.3. The van der Waals surface area contributed by atoms with E-state index in [1.807, 2.05) is 18.5 Å². The normalized spacial score (nSPS) is 19.7. The van der Waals surface area contributed by atoms with Gasteiger partial charge in [0.2, 0.25) is 0 Å². The number of methoxy groups -OCH3 is 1. The summed E-state index contributed by atoms with van der Waals surface area (Å²) in [6.07, 6.45) is 7.42. The van der Waals surface area contributed by atoms with Gasteiger partial charge in [-0.15, -0.1) is 5.10 Å². The lowest BCUT2D eigenvalue weighted by atomic mass is 9.92. The van der Waals surface area contributed by atoms with E-state index in [9.17, 15) is 4.79 Å². The summed E-state index contributed by atoms with van der Waals surface area (Å²) in [6, 6.07) is 0.550. The predicted molar refractivity (Wildman–Crippen MR) is 102 cm³/mol. The summed E-state index contributed by atoms with van der Waals surface area (Å²) in [5.74, 6) is 0.636. The van der Waals surface area contributed by atoms with Gasteiger partial charge in [0, 0.05) is 30.4 Å². The van der Waals surface area contributed by atoms with Crippen LogP contribution in [0.2, 0.25) is 0 Å². The second-order valence-electron chi connectivity index (χ2n) is 7.36. The van der Waals surface area contributed by atoms with Gasteiger partial charge in [-0.3, -0.25) is 9.78 Å². The monoisotopic (exact) mass is 372 g/mol. The molecule has 0 unspecified atom stereocenters. The number of rotatable bonds is 5. The van der Waals surface area contributed by atoms with Gasteiger partial charge >= 0.3 is 0 Å². The van der Waals surface area contributed by atoms with E-state index in [1.54, 1.807) is 31.5 Å². The molecule has 2 aromatic heterocycles. The molecule has 146 valence electrons. The van der Waals surface area contributed by atoms with Gasteiger partial charge in [-0.2, -0.15) is 0 Å². The Bertz CT molecular complexity index is 811. The Balaban J connectivity index is 1.69. The van der Waals surface area contributed by atoms with Crippen molar-refractivity contribution in [2.75, 3.05) is 14.2 Å². The number of pyridine rings is 1. The maximum absolute atomic E-state index is 12.8. The number of hydrogen-bond donors (Lipinski definition) is 1. The minimum absolute atomic E-state index is 0.172. The van der Waals surface area contributed by atoms with Crippen LogP contribution in [0.4, 0.5) is 0 Å². The lowest BCUT2D eigenvalue weighted by molar-refractivity contribution is 0.0777. The van der Waals surface area contributed by atoms with Crippen LogP contribution in [0.3, 0.4) is 0 Å². The van der Waals surface area contributed by atoms with E-state index in [1.165, 1.54) is 0 Å². The Morgan fingerprint density at radius 2 is 2.04 bits per heavy atom. The molecule has 2 N–H and O–H groups in total. The predicted octanol–water partition coefficient (Wildman–Crippen LogP) is 2.01. The topological polar surface area (TPSA) is 99.2 Å². The molecule has 0 saturated heterocycles. The molecule has 3 rings (SSSR count). The molecule has 0 radical (unpaired) electrons. The number of nitrogens with zero attached hydrogens (tertiary/aromatic N) is 5. The third-order valence-corrected chi connectivity index (χ3v) is 5.33. The summed E-state index contributed by atoms with van der Waals surface area (Å²) in [7, 11) is 3.39. The standard InChI is InChI=1S/C19H28N6O2/c1-12-9-21-16(13(2)18(12)27-4)10-24(3)19(26)17-11-25(23-22-17)15-7-5-14(20)6-8-15/h9,11,14-15H,5-8,10,20H2,1-4H3. The zero-order valence-corrected chi connectivity index (χ0v) is 16.5. The second-order valence-corrected chi connectivity index (χ2v) is 7.36. The summed E-state index contributed by atoms with van der Waals surface area (Å²) in [6.45, 7) is 4.29. The van der Waals surface area contributed by atoms with E-state index in [-0.39, 0.29) is 18.0 Å². The van der Waals surface area contributed by atoms with Crippen LogP contribution >= 0.6 is 0 Å². The van der Waals surface area contributed by atoms with Crippen LogP contribution in [0, 0.1) is 13.8 Å². The van der Waals surface area contributed by atoms with Crippen molar-refractivity contribution in [1.29, 1.82) is 0 Å². The van der Waals surface area contributed by atoms with Crippen molar-refractivity contribution in [2.45, 2.75) is 58.2 Å². The molecule has 1 aliphatic rings. The maximum atomic E-state index is 12.8. The van der Waals surface area contributed by atoms with Crippen LogP contribution in [0.1, 0.15) is 59.0 Å². The van der Waals surface area contributed by atoms with Gasteiger partial charge in [0.1, 0.15) is 5.75 Å². The number of carbonyl (C=O) groups is 1. The molecule has 0 spiro atoms. The summed E-state index contributed by atoms with van der Waals surface area (Å²) >= 11 is 0. The van der Waals surface area contributed by atoms with Crippen molar-refractivity contribution in [1.82, 2.24) is 24.9 Å². The average molecular weight is 372 g/mol. The van der Waals surface area contributed by atoms with E-state index in [0.29, 0.717) is 12.2 Å². The number of ether oxygens (including phenoxy) is 1. The number of carbonyl (C=O) groups excluding carboxylic acids is 1. The highest BCUT2D eigenvalue weighted by Gasteiger charge is 2.23. The number of amides is 1. The zero-order valence-electron chi connectivity index (χ0n) is 16.5. The van der Waals surface area contributed by atoms with Crippen molar-refractivity contribution in [3.63, 3.8) is 0 Å². The first-order valence-corrected chi connectivity index (χ1v) is 9.32. The lowest BCUT2D eigenvalue weighted by Crippen LogP contribution is -2.28. The molecular weight excluding hydrogens is 344 g/mol. The molecule has 2 heterocycles. The van der Waals surface area contributed by atoms with Crippen LogP contribution in [0.5, 0.6) is 5.75 Å². The molecule has 0 atom stereocenters. The fourth-order valence-electron chi connectivity index (χ4n) is 3.64. The van der Waals surface area contributed by atoms with E-state index < -0.39 is 0 Å². The smallest absolute Gasteiger partial charge is 0.276 e. The number of hydrogen-bond acceptors (Lipinski definition) is 6. The van der Waals surface area contributed by atoms with Crippen LogP contribution in [-0.2, 0) is 6.54 Å². The van der Waals surface area contributed by atoms with Crippen molar-refractivity contribution < 1.29 is 9.53 Å². The molecule has 0 bridgehead atoms. The van der Waals surface area contributed by atoms with Gasteiger partial charge < -0.3 is 15.4 Å². The molecule has 1 aliphatic carbocycles. The van der Waals surface area contributed by atoms with Gasteiger partial charge in [0.25, 0.3) is 5.91 Å². The fraction of sp³-hybridized carbons (Fsp3) is 0.579. The highest BCUT2D eigenvalue weighted by atomic mass is 16.5. The van der Waals surface area contributed by atoms with Crippen molar-refractivity contribution in [2.24, 2.45) is 5.73 Å². The molecule has 2 aromatic rings. The van der Waals surface area contributed by atoms with Crippen molar-refractivity contribution in [3.05, 3.63) is 34.9 Å². The van der Waals surface area contributed by atoms with Gasteiger partial charge in [-0.25, -0.2) is 4.68 Å². The average Bonchev–Trinajstić information content (AvgIpc) is 3.14. The Kier molecular flexibility index (Phi) is 5.74. The van der Waals surface area contributed by atoms with E-state index >= 15 is 0 Å². The number of nitrogens with two attached hydrogens (primary N) is 1. The summed E-state index contributed by atoms with van der Waals surface area (Å²) in [5, 5.41) is 8.26. The summed E-state index contributed by atoms with van der Waals surface area (Å²) in [5.41, 5.74) is 9.04. The Morgan fingerprint density at radius 3 is 2.70 bits per heavy atom. The summed E-state index contributed by atoms with van der Waals surface area (Å²) < 4.78 is 7.25. The Morgan fingerprint density at radius 1 is 1.33 bits per heavy atom. The molecular formula is C19H28N6O2. The number of aromatic nitrogens is 4. The Hall–Kier alpha value is -2.48. The van der Waals surface area contributed by atoms with Gasteiger partial charge in [0.05, 0.1) is 31.6 Å². The van der Waals surface area contributed by atoms with E-state index in [4.69, 9.17) is 10.5 Å². The van der Waals surface area contributed by atoms with Crippen LogP contribution < -0.4 is 10.5 Å². The maximum Gasteiger partial charge on any atom is 0.276 e. The number of aryl methyl sites for hydroxylation is 1. The van der Waals surface area contributed by atoms with Crippen LogP contribution in [0.15, 0.2) is 12.4 Å². The third kappa shape index (κ3) is 4.10. The SMILES string of the molecule is COc1c(C)cnc(CN(C)C(=O)c2cn(C3CCC(N)CC3)nn2)c1C. The summed E-state index contributed by atoms with van der Waals surface area (Å²) in [4.78, 5) is 18.8. The van der Waals surface area contributed by atoms with Crippen LogP contribution in [-0.4, -0.2) is 51.0 Å². The van der Waals surface area contributed by atoms with Gasteiger partial charge in [-0.05, 0) is 39.5 Å². The second kappa shape index (κ2) is 8.04. The molecule has 1 saturated carbocycles. The molecule has 8 heteroatoms. The van der Waals surface area contributed by atoms with Crippen molar-refractivity contribution in [3.8, 4) is 5.75 Å². The highest BCUT2D eigenvalue weighted by Crippen LogP contribution is 2.27. The van der Waals surface area contributed by atoms with Gasteiger partial charge in [-0.1, -0.05) is 5.21 Å². The van der Waals surface area contributed by atoms with E-state index in [0.717, 1.165) is 48.3 Å². The zero-order chi connectivity index (χ0) is 19.6. The molecule has 8 nitrogen and oxygen atoms in total. The van der Waals surface area contributed by atoms with Crippen LogP contribution in [0.25, 0.3) is 0 Å². The first-order valence-electron chi connectivity index (χ1n) is 9.32. The molecule has 1 fully saturated rings.